The molecule has 3 aromatic heterocycles. The molecule has 0 aliphatic carbocycles. The van der Waals surface area contributed by atoms with Gasteiger partial charge in [0.25, 0.3) is 0 Å². The molecule has 1 N–H and O–H groups in total. The van der Waals surface area contributed by atoms with Crippen LogP contribution >= 0.6 is 0 Å². The molecule has 0 radical (unpaired) electrons. The maximum atomic E-state index is 13.6. The molecule has 1 aliphatic heterocycles. The highest BCUT2D eigenvalue weighted by molar-refractivity contribution is 5.80. The van der Waals surface area contributed by atoms with Gasteiger partial charge in [0.1, 0.15) is 11.5 Å². The van der Waals surface area contributed by atoms with Crippen molar-refractivity contribution >= 4 is 11.6 Å². The van der Waals surface area contributed by atoms with Crippen molar-refractivity contribution in [2.45, 2.75) is 33.7 Å². The van der Waals surface area contributed by atoms with Gasteiger partial charge in [0.15, 0.2) is 0 Å². The van der Waals surface area contributed by atoms with Crippen LogP contribution in [0.25, 0.3) is 28.3 Å². The number of aromatic nitrogens is 4. The summed E-state index contributed by atoms with van der Waals surface area (Å²) < 4.78 is 15.7. The second-order valence-electron chi connectivity index (χ2n) is 9.89. The number of pyridine rings is 1. The van der Waals surface area contributed by atoms with Crippen LogP contribution in [-0.4, -0.2) is 43.9 Å². The average Bonchev–Trinajstić information content (AvgIpc) is 3.14. The molecule has 6 nitrogen and oxygen atoms in total. The van der Waals surface area contributed by atoms with Crippen molar-refractivity contribution in [2.24, 2.45) is 5.41 Å². The molecule has 0 bridgehead atoms. The molecule has 7 heteroatoms. The fourth-order valence-electron chi connectivity index (χ4n) is 3.96. The van der Waals surface area contributed by atoms with Crippen LogP contribution in [0, 0.1) is 11.2 Å². The summed E-state index contributed by atoms with van der Waals surface area (Å²) in [6.07, 6.45) is 5.09. The maximum Gasteiger partial charge on any atom is 0.223 e. The average molecular weight is 445 g/mol. The van der Waals surface area contributed by atoms with Crippen LogP contribution in [0.5, 0.6) is 0 Å². The third-order valence-electron chi connectivity index (χ3n) is 5.84. The molecular formula is C26H29FN6. The monoisotopic (exact) mass is 444 g/mol. The Morgan fingerprint density at radius 2 is 1.82 bits per heavy atom. The summed E-state index contributed by atoms with van der Waals surface area (Å²) in [7, 11) is 0. The minimum absolute atomic E-state index is 0.106. The molecule has 4 aromatic rings. The Hall–Kier alpha value is -3.32. The quantitative estimate of drug-likeness (QED) is 0.440. The lowest BCUT2D eigenvalue weighted by molar-refractivity contribution is 0.172. The number of benzene rings is 1. The van der Waals surface area contributed by atoms with E-state index in [9.17, 15) is 4.39 Å². The molecule has 5 rings (SSSR count). The van der Waals surface area contributed by atoms with E-state index in [1.165, 1.54) is 24.1 Å². The first-order chi connectivity index (χ1) is 15.9. The van der Waals surface area contributed by atoms with Gasteiger partial charge in [-0.2, -0.15) is 0 Å². The Morgan fingerprint density at radius 3 is 2.52 bits per heavy atom. The van der Waals surface area contributed by atoms with E-state index in [1.54, 1.807) is 18.3 Å². The number of halogens is 1. The zero-order valence-corrected chi connectivity index (χ0v) is 19.3. The SMILES string of the molecule is CC(C)(C)CNc1nccc(-c2c(-c3ccc(F)cc3)nc3cc(CN4CCC4)ccn23)n1. The van der Waals surface area contributed by atoms with E-state index < -0.39 is 0 Å². The lowest BCUT2D eigenvalue weighted by atomic mass is 9.97. The van der Waals surface area contributed by atoms with Crippen LogP contribution in [0.4, 0.5) is 10.3 Å². The van der Waals surface area contributed by atoms with Crippen LogP contribution in [0.15, 0.2) is 54.9 Å². The zero-order chi connectivity index (χ0) is 23.0. The molecule has 33 heavy (non-hydrogen) atoms. The van der Waals surface area contributed by atoms with E-state index in [4.69, 9.17) is 9.97 Å². The molecule has 1 aliphatic rings. The van der Waals surface area contributed by atoms with E-state index >= 15 is 0 Å². The van der Waals surface area contributed by atoms with Crippen molar-refractivity contribution < 1.29 is 4.39 Å². The number of imidazole rings is 1. The number of likely N-dealkylation sites (tertiary alicyclic amines) is 1. The third kappa shape index (κ3) is 4.73. The van der Waals surface area contributed by atoms with E-state index in [2.05, 4.69) is 58.7 Å². The first kappa shape index (κ1) is 21.5. The Bertz CT molecular complexity index is 1270. The predicted molar refractivity (Wildman–Crippen MR) is 129 cm³/mol. The van der Waals surface area contributed by atoms with Crippen molar-refractivity contribution in [1.82, 2.24) is 24.3 Å². The van der Waals surface area contributed by atoms with Gasteiger partial charge < -0.3 is 5.32 Å². The summed E-state index contributed by atoms with van der Waals surface area (Å²) in [5.41, 5.74) is 5.45. The minimum Gasteiger partial charge on any atom is -0.354 e. The Balaban J connectivity index is 1.59. The first-order valence-corrected chi connectivity index (χ1v) is 11.4. The van der Waals surface area contributed by atoms with E-state index in [0.29, 0.717) is 5.95 Å². The van der Waals surface area contributed by atoms with Crippen LogP contribution < -0.4 is 5.32 Å². The molecule has 4 heterocycles. The number of fused-ring (bicyclic) bond motifs is 1. The van der Waals surface area contributed by atoms with E-state index in [-0.39, 0.29) is 11.2 Å². The normalized spacial score (nSPS) is 14.4. The smallest absolute Gasteiger partial charge is 0.223 e. The highest BCUT2D eigenvalue weighted by Crippen LogP contribution is 2.33. The van der Waals surface area contributed by atoms with Crippen molar-refractivity contribution in [3.05, 3.63) is 66.2 Å². The molecule has 0 unspecified atom stereocenters. The second kappa shape index (κ2) is 8.56. The molecule has 1 fully saturated rings. The molecule has 0 spiro atoms. The Morgan fingerprint density at radius 1 is 1.03 bits per heavy atom. The Kier molecular flexibility index (Phi) is 5.58. The van der Waals surface area contributed by atoms with Crippen LogP contribution in [0.2, 0.25) is 0 Å². The fourth-order valence-corrected chi connectivity index (χ4v) is 3.96. The first-order valence-electron chi connectivity index (χ1n) is 11.4. The standard InChI is InChI=1S/C26H29FN6/c1-26(2,3)17-29-25-28-11-9-21(30-25)24-23(19-5-7-20(27)8-6-19)31-22-15-18(10-14-33(22)24)16-32-12-4-13-32/h5-11,14-15H,4,12-13,16-17H2,1-3H3,(H,28,29,30). The van der Waals surface area contributed by atoms with E-state index in [0.717, 1.165) is 54.5 Å². The minimum atomic E-state index is -0.267. The number of hydrogen-bond acceptors (Lipinski definition) is 5. The fraction of sp³-hybridized carbons (Fsp3) is 0.346. The molecule has 0 amide bonds. The summed E-state index contributed by atoms with van der Waals surface area (Å²) in [5, 5.41) is 3.34. The van der Waals surface area contributed by atoms with Gasteiger partial charge in [0.05, 0.1) is 17.1 Å². The number of anilines is 1. The van der Waals surface area contributed by atoms with Gasteiger partial charge in [0, 0.05) is 31.0 Å². The zero-order valence-electron chi connectivity index (χ0n) is 19.3. The van der Waals surface area contributed by atoms with Gasteiger partial charge in [0.2, 0.25) is 5.95 Å². The van der Waals surface area contributed by atoms with Gasteiger partial charge >= 0.3 is 0 Å². The number of rotatable bonds is 6. The molecule has 0 atom stereocenters. The van der Waals surface area contributed by atoms with Gasteiger partial charge in [-0.25, -0.2) is 19.3 Å². The molecule has 170 valence electrons. The topological polar surface area (TPSA) is 58.4 Å². The molecular weight excluding hydrogens is 415 g/mol. The second-order valence-corrected chi connectivity index (χ2v) is 9.89. The Labute approximate surface area is 193 Å². The van der Waals surface area contributed by atoms with Gasteiger partial charge in [-0.15, -0.1) is 0 Å². The summed E-state index contributed by atoms with van der Waals surface area (Å²) in [4.78, 5) is 16.6. The van der Waals surface area contributed by atoms with Crippen molar-refractivity contribution in [3.8, 4) is 22.6 Å². The number of nitrogens with zero attached hydrogens (tertiary/aromatic N) is 5. The van der Waals surface area contributed by atoms with Crippen molar-refractivity contribution in [2.75, 3.05) is 25.0 Å². The summed E-state index contributed by atoms with van der Waals surface area (Å²) >= 11 is 0. The largest absolute Gasteiger partial charge is 0.354 e. The van der Waals surface area contributed by atoms with E-state index in [1.807, 2.05) is 6.07 Å². The predicted octanol–water partition coefficient (Wildman–Crippen LogP) is 5.26. The highest BCUT2D eigenvalue weighted by atomic mass is 19.1. The van der Waals surface area contributed by atoms with Gasteiger partial charge in [-0.3, -0.25) is 9.30 Å². The van der Waals surface area contributed by atoms with Crippen LogP contribution in [-0.2, 0) is 6.54 Å². The van der Waals surface area contributed by atoms with Crippen molar-refractivity contribution in [1.29, 1.82) is 0 Å². The van der Waals surface area contributed by atoms with Crippen LogP contribution in [0.3, 0.4) is 0 Å². The highest BCUT2D eigenvalue weighted by Gasteiger charge is 2.20. The lowest BCUT2D eigenvalue weighted by Crippen LogP contribution is -2.36. The van der Waals surface area contributed by atoms with Gasteiger partial charge in [-0.1, -0.05) is 20.8 Å². The summed E-state index contributed by atoms with van der Waals surface area (Å²) in [6.45, 7) is 10.5. The molecule has 1 aromatic carbocycles. The lowest BCUT2D eigenvalue weighted by Gasteiger charge is -2.30. The summed E-state index contributed by atoms with van der Waals surface area (Å²) in [5.74, 6) is 0.313. The van der Waals surface area contributed by atoms with Crippen molar-refractivity contribution in [3.63, 3.8) is 0 Å². The molecule has 0 saturated carbocycles. The van der Waals surface area contributed by atoms with Crippen LogP contribution in [0.1, 0.15) is 32.8 Å². The number of hydrogen-bond donors (Lipinski definition) is 1. The third-order valence-corrected chi connectivity index (χ3v) is 5.84. The number of nitrogens with one attached hydrogen (secondary N) is 1. The van der Waals surface area contributed by atoms with Gasteiger partial charge in [-0.05, 0) is 73.0 Å². The summed E-state index contributed by atoms with van der Waals surface area (Å²) in [6, 6.07) is 12.6. The molecule has 1 saturated heterocycles. The maximum absolute atomic E-state index is 13.6.